The van der Waals surface area contributed by atoms with Crippen molar-refractivity contribution in [2.75, 3.05) is 26.7 Å². The van der Waals surface area contributed by atoms with Crippen molar-refractivity contribution in [1.29, 1.82) is 0 Å². The van der Waals surface area contributed by atoms with Crippen molar-refractivity contribution < 1.29 is 42.5 Å². The number of hydrogen-bond donors (Lipinski definition) is 1. The van der Waals surface area contributed by atoms with Gasteiger partial charge in [-0.25, -0.2) is 18.6 Å². The van der Waals surface area contributed by atoms with Gasteiger partial charge in [0.15, 0.2) is 6.10 Å². The van der Waals surface area contributed by atoms with E-state index in [0.29, 0.717) is 0 Å². The molecule has 11 nitrogen and oxygen atoms in total. The van der Waals surface area contributed by atoms with E-state index < -0.39 is 65.0 Å². The summed E-state index contributed by atoms with van der Waals surface area (Å²) in [5, 5.41) is 11.2. The first-order valence-electron chi connectivity index (χ1n) is 16.2. The van der Waals surface area contributed by atoms with Crippen LogP contribution in [0.3, 0.4) is 0 Å². The number of hydrogen-bond acceptors (Lipinski definition) is 8. The number of carbonyl (C=O) groups is 3. The predicted octanol–water partition coefficient (Wildman–Crippen LogP) is 5.35. The molecule has 266 valence electrons. The van der Waals surface area contributed by atoms with Crippen LogP contribution in [0.4, 0.5) is 13.6 Å². The summed E-state index contributed by atoms with van der Waals surface area (Å²) < 4.78 is 48.1. The smallest absolute Gasteiger partial charge is 0.410 e. The maximum Gasteiger partial charge on any atom is 0.410 e. The van der Waals surface area contributed by atoms with Crippen LogP contribution in [0.25, 0.3) is 11.3 Å². The van der Waals surface area contributed by atoms with E-state index in [1.165, 1.54) is 30.8 Å². The number of halogens is 2. The van der Waals surface area contributed by atoms with Crippen molar-refractivity contribution in [3.05, 3.63) is 77.8 Å². The molecule has 0 radical (unpaired) electrons. The lowest BCUT2D eigenvalue weighted by Crippen LogP contribution is -2.53. The lowest BCUT2D eigenvalue weighted by atomic mass is 9.93. The van der Waals surface area contributed by atoms with Gasteiger partial charge in [0.2, 0.25) is 0 Å². The topological polar surface area (TPSA) is 123 Å². The van der Waals surface area contributed by atoms with Crippen LogP contribution in [-0.4, -0.2) is 92.6 Å². The van der Waals surface area contributed by atoms with E-state index in [2.05, 4.69) is 0 Å². The molecule has 1 aromatic heterocycles. The molecule has 0 saturated carbocycles. The van der Waals surface area contributed by atoms with Crippen molar-refractivity contribution in [1.82, 2.24) is 19.4 Å². The summed E-state index contributed by atoms with van der Waals surface area (Å²) >= 11 is 0. The second-order valence-electron chi connectivity index (χ2n) is 13.9. The Morgan fingerprint density at radius 1 is 1.06 bits per heavy atom. The van der Waals surface area contributed by atoms with Crippen LogP contribution < -0.4 is 0 Å². The van der Waals surface area contributed by atoms with Crippen LogP contribution in [-0.2, 0) is 30.3 Å². The molecule has 0 spiro atoms. The minimum atomic E-state index is -1.24. The summed E-state index contributed by atoms with van der Waals surface area (Å²) in [6, 6.07) is 11.5. The number of benzene rings is 2. The van der Waals surface area contributed by atoms with E-state index in [1.54, 1.807) is 45.4 Å². The van der Waals surface area contributed by atoms with Gasteiger partial charge in [-0.1, -0.05) is 30.3 Å². The largest absolute Gasteiger partial charge is 0.453 e. The zero-order valence-corrected chi connectivity index (χ0v) is 29.3. The molecular weight excluding hydrogens is 638 g/mol. The molecule has 1 aliphatic heterocycles. The quantitative estimate of drug-likeness (QED) is 0.268. The van der Waals surface area contributed by atoms with Gasteiger partial charge in [0.1, 0.15) is 29.1 Å². The number of ether oxygens (including phenoxy) is 3. The number of aliphatic hydroxyl groups is 1. The molecule has 2 unspecified atom stereocenters. The fourth-order valence-corrected chi connectivity index (χ4v) is 5.93. The van der Waals surface area contributed by atoms with Crippen LogP contribution in [0.15, 0.2) is 54.7 Å². The molecule has 3 aromatic rings. The van der Waals surface area contributed by atoms with E-state index >= 15 is 4.39 Å². The summed E-state index contributed by atoms with van der Waals surface area (Å²) in [4.78, 5) is 46.9. The van der Waals surface area contributed by atoms with Crippen molar-refractivity contribution in [2.24, 2.45) is 5.92 Å². The highest BCUT2D eigenvalue weighted by molar-refractivity contribution is 5.83. The average molecular weight is 685 g/mol. The highest BCUT2D eigenvalue weighted by atomic mass is 19.1. The number of rotatable bonds is 11. The zero-order valence-electron chi connectivity index (χ0n) is 29.3. The molecule has 2 aromatic carbocycles. The number of amides is 2. The highest BCUT2D eigenvalue weighted by Gasteiger charge is 2.46. The second kappa shape index (κ2) is 15.0. The monoisotopic (exact) mass is 684 g/mol. The number of imidazole rings is 1. The Labute approximate surface area is 285 Å². The Kier molecular flexibility index (Phi) is 11.5. The molecule has 2 amide bonds. The van der Waals surface area contributed by atoms with Gasteiger partial charge in [-0.05, 0) is 65.3 Å². The van der Waals surface area contributed by atoms with Gasteiger partial charge in [0, 0.05) is 51.3 Å². The number of aliphatic hydroxyl groups excluding tert-OH is 1. The number of β-amino-alcohol motifs (C(OH)–C–C–N with tert-alkyl or cyclic N) is 1. The predicted molar refractivity (Wildman–Crippen MR) is 177 cm³/mol. The van der Waals surface area contributed by atoms with Gasteiger partial charge < -0.3 is 33.7 Å². The maximum atomic E-state index is 15.1. The Morgan fingerprint density at radius 2 is 1.73 bits per heavy atom. The standard InChI is InChI=1S/C36H46F2N4O7/c1-22(48-23(2)43)33(45)42(19-25-18-41(21-30(25)44)34(46)49-35(3,4)5)31(36(6,7)47-8)32-39-29(27-16-26(37)14-15-28(27)38)20-40(32)17-24-12-10-9-11-13-24/h9-16,20,22,25,30-31,44H,17-19,21H2,1-8H3/t22-,25?,30?,31-/m0/s1. The third-order valence-corrected chi connectivity index (χ3v) is 8.41. The fourth-order valence-electron chi connectivity index (χ4n) is 5.93. The van der Waals surface area contributed by atoms with Gasteiger partial charge in [0.05, 0.1) is 23.9 Å². The summed E-state index contributed by atoms with van der Waals surface area (Å²) in [5.41, 5.74) is -1.03. The van der Waals surface area contributed by atoms with Crippen molar-refractivity contribution in [3.63, 3.8) is 0 Å². The first-order chi connectivity index (χ1) is 22.9. The van der Waals surface area contributed by atoms with Crippen LogP contribution in [0.5, 0.6) is 0 Å². The van der Waals surface area contributed by atoms with Crippen LogP contribution >= 0.6 is 0 Å². The van der Waals surface area contributed by atoms with Crippen LogP contribution in [0.1, 0.15) is 65.9 Å². The number of aromatic nitrogens is 2. The van der Waals surface area contributed by atoms with Crippen molar-refractivity contribution in [3.8, 4) is 11.3 Å². The van der Waals surface area contributed by atoms with Crippen molar-refractivity contribution >= 4 is 18.0 Å². The third-order valence-electron chi connectivity index (χ3n) is 8.41. The Hall–Kier alpha value is -4.36. The number of carbonyl (C=O) groups excluding carboxylic acids is 3. The highest BCUT2D eigenvalue weighted by Crippen LogP contribution is 2.38. The summed E-state index contributed by atoms with van der Waals surface area (Å²) in [5.74, 6) is -2.99. The summed E-state index contributed by atoms with van der Waals surface area (Å²) in [6.07, 6.45) is -1.29. The maximum absolute atomic E-state index is 15.1. The summed E-state index contributed by atoms with van der Waals surface area (Å²) in [7, 11) is 1.47. The van der Waals surface area contributed by atoms with Gasteiger partial charge >= 0.3 is 12.1 Å². The van der Waals surface area contributed by atoms with Gasteiger partial charge in [0.25, 0.3) is 5.91 Å². The number of nitrogens with zero attached hydrogens (tertiary/aromatic N) is 4. The molecule has 1 N–H and O–H groups in total. The van der Waals surface area contributed by atoms with E-state index in [4.69, 9.17) is 19.2 Å². The average Bonchev–Trinajstić information content (AvgIpc) is 3.59. The lowest BCUT2D eigenvalue weighted by molar-refractivity contribution is -0.164. The van der Waals surface area contributed by atoms with Gasteiger partial charge in [-0.15, -0.1) is 0 Å². The first kappa shape index (κ1) is 37.5. The van der Waals surface area contributed by atoms with E-state index in [0.717, 1.165) is 23.8 Å². The first-order valence-corrected chi connectivity index (χ1v) is 16.2. The van der Waals surface area contributed by atoms with Crippen molar-refractivity contribution in [2.45, 2.75) is 84.5 Å². The lowest BCUT2D eigenvalue weighted by Gasteiger charge is -2.42. The second-order valence-corrected chi connectivity index (χ2v) is 13.9. The fraction of sp³-hybridized carbons (Fsp3) is 0.500. The molecule has 4 rings (SSSR count). The number of methoxy groups -OCH3 is 1. The van der Waals surface area contributed by atoms with E-state index in [9.17, 15) is 23.9 Å². The Balaban J connectivity index is 1.87. The molecule has 49 heavy (non-hydrogen) atoms. The van der Waals surface area contributed by atoms with E-state index in [1.807, 2.05) is 30.3 Å². The summed E-state index contributed by atoms with van der Waals surface area (Å²) in [6.45, 7) is 11.5. The molecule has 2 heterocycles. The number of esters is 1. The molecule has 4 atom stereocenters. The molecule has 1 saturated heterocycles. The Morgan fingerprint density at radius 3 is 2.35 bits per heavy atom. The third kappa shape index (κ3) is 9.21. The SMILES string of the molecule is COC(C)(C)[C@H](c1nc(-c2cc(F)ccc2F)cn1Cc1ccccc1)N(CC1CN(C(=O)OC(C)(C)C)CC1O)C(=O)[C@H](C)OC(C)=O. The van der Waals surface area contributed by atoms with Crippen LogP contribution in [0, 0.1) is 17.6 Å². The van der Waals surface area contributed by atoms with Gasteiger partial charge in [-0.3, -0.25) is 9.59 Å². The Bertz CT molecular complexity index is 1640. The number of likely N-dealkylation sites (tertiary alicyclic amines) is 1. The zero-order chi connectivity index (χ0) is 36.3. The molecule has 1 fully saturated rings. The molecule has 1 aliphatic rings. The minimum absolute atomic E-state index is 0.0227. The minimum Gasteiger partial charge on any atom is -0.453 e. The normalized spacial score (nSPS) is 17.8. The van der Waals surface area contributed by atoms with Gasteiger partial charge in [-0.2, -0.15) is 0 Å². The van der Waals surface area contributed by atoms with Crippen LogP contribution in [0.2, 0.25) is 0 Å². The molecule has 0 bridgehead atoms. The van der Waals surface area contributed by atoms with E-state index in [-0.39, 0.29) is 43.3 Å². The molecular formula is C36H46F2N4O7. The molecule has 13 heteroatoms. The molecule has 0 aliphatic carbocycles.